The molecule has 0 aliphatic carbocycles. The molecule has 0 unspecified atom stereocenters. The van der Waals surface area contributed by atoms with Crippen molar-refractivity contribution in [3.63, 3.8) is 0 Å². The van der Waals surface area contributed by atoms with Crippen LogP contribution in [0.3, 0.4) is 0 Å². The van der Waals surface area contributed by atoms with Gasteiger partial charge in [-0.05, 0) is 0 Å². The highest BCUT2D eigenvalue weighted by molar-refractivity contribution is 6.31. The molecule has 0 bridgehead atoms. The third kappa shape index (κ3) is 2.07. The highest BCUT2D eigenvalue weighted by Gasteiger charge is 2.25. The van der Waals surface area contributed by atoms with Gasteiger partial charge in [-0.1, -0.05) is 11.6 Å². The van der Waals surface area contributed by atoms with E-state index in [0.717, 1.165) is 12.1 Å². The Kier molecular flexibility index (Phi) is 2.93. The average molecular weight is 247 g/mol. The number of nitrogens with one attached hydrogen (secondary N) is 1. The van der Waals surface area contributed by atoms with Crippen LogP contribution in [0.1, 0.15) is 0 Å². The van der Waals surface area contributed by atoms with Gasteiger partial charge in [-0.3, -0.25) is 10.1 Å². The van der Waals surface area contributed by atoms with Gasteiger partial charge >= 0.3 is 5.69 Å². The van der Waals surface area contributed by atoms with Gasteiger partial charge in [0.25, 0.3) is 0 Å². The molecule has 0 aromatic heterocycles. The fraction of sp³-hybridized carbons (Fsp3) is 0.333. The first-order chi connectivity index (χ1) is 7.58. The van der Waals surface area contributed by atoms with Crippen molar-refractivity contribution in [2.75, 3.05) is 13.1 Å². The van der Waals surface area contributed by atoms with E-state index in [1.807, 2.05) is 0 Å². The zero-order valence-electron chi connectivity index (χ0n) is 8.07. The maximum absolute atomic E-state index is 13.0. The van der Waals surface area contributed by atoms with Crippen LogP contribution >= 0.6 is 11.6 Å². The maximum atomic E-state index is 13.0. The molecule has 0 amide bonds. The number of hydrogen-bond acceptors (Lipinski definition) is 4. The largest absolute Gasteiger partial charge is 0.481 e. The van der Waals surface area contributed by atoms with E-state index in [0.29, 0.717) is 13.1 Å². The second-order valence-electron chi connectivity index (χ2n) is 3.39. The van der Waals surface area contributed by atoms with Crippen molar-refractivity contribution >= 4 is 17.3 Å². The molecule has 1 aromatic rings. The number of hydrogen-bond donors (Lipinski definition) is 1. The summed E-state index contributed by atoms with van der Waals surface area (Å²) in [5, 5.41) is 13.4. The lowest BCUT2D eigenvalue weighted by Crippen LogP contribution is -2.50. The highest BCUT2D eigenvalue weighted by Crippen LogP contribution is 2.33. The van der Waals surface area contributed by atoms with Crippen LogP contribution in [0, 0.1) is 15.9 Å². The van der Waals surface area contributed by atoms with Crippen LogP contribution in [0.15, 0.2) is 12.1 Å². The van der Waals surface area contributed by atoms with Crippen molar-refractivity contribution in [1.82, 2.24) is 5.32 Å². The summed E-state index contributed by atoms with van der Waals surface area (Å²) >= 11 is 5.54. The van der Waals surface area contributed by atoms with Gasteiger partial charge in [0.15, 0.2) is 5.75 Å². The predicted molar refractivity (Wildman–Crippen MR) is 55.4 cm³/mol. The maximum Gasteiger partial charge on any atom is 0.313 e. The lowest BCUT2D eigenvalue weighted by atomic mass is 10.2. The van der Waals surface area contributed by atoms with E-state index in [9.17, 15) is 14.5 Å². The first-order valence-corrected chi connectivity index (χ1v) is 4.96. The molecule has 1 saturated heterocycles. The van der Waals surface area contributed by atoms with Crippen LogP contribution < -0.4 is 10.1 Å². The number of nitro benzene ring substituents is 1. The Morgan fingerprint density at radius 2 is 2.25 bits per heavy atom. The smallest absolute Gasteiger partial charge is 0.313 e. The molecule has 1 N–H and O–H groups in total. The van der Waals surface area contributed by atoms with Gasteiger partial charge in [0, 0.05) is 19.2 Å². The van der Waals surface area contributed by atoms with Crippen molar-refractivity contribution in [3.8, 4) is 5.75 Å². The van der Waals surface area contributed by atoms with Crippen molar-refractivity contribution in [2.24, 2.45) is 0 Å². The third-order valence-corrected chi connectivity index (χ3v) is 2.53. The second kappa shape index (κ2) is 4.23. The first kappa shape index (κ1) is 11.1. The molecule has 1 aromatic carbocycles. The normalized spacial score (nSPS) is 15.6. The topological polar surface area (TPSA) is 64.4 Å². The molecule has 86 valence electrons. The van der Waals surface area contributed by atoms with Crippen LogP contribution in [0.4, 0.5) is 10.1 Å². The summed E-state index contributed by atoms with van der Waals surface area (Å²) in [5.41, 5.74) is -0.409. The average Bonchev–Trinajstić information content (AvgIpc) is 2.16. The fourth-order valence-electron chi connectivity index (χ4n) is 1.28. The monoisotopic (exact) mass is 246 g/mol. The molecule has 7 heteroatoms. The number of nitro groups is 1. The molecule has 16 heavy (non-hydrogen) atoms. The Hall–Kier alpha value is -1.40. The number of rotatable bonds is 3. The van der Waals surface area contributed by atoms with Crippen LogP contribution in [0.2, 0.25) is 5.02 Å². The van der Waals surface area contributed by atoms with Crippen LogP contribution in [0.5, 0.6) is 5.75 Å². The van der Waals surface area contributed by atoms with Gasteiger partial charge in [-0.25, -0.2) is 4.39 Å². The van der Waals surface area contributed by atoms with Gasteiger partial charge in [-0.15, -0.1) is 0 Å². The second-order valence-corrected chi connectivity index (χ2v) is 3.80. The summed E-state index contributed by atoms with van der Waals surface area (Å²) in [4.78, 5) is 9.98. The Bertz CT molecular complexity index is 437. The molecule has 0 spiro atoms. The molecule has 5 nitrogen and oxygen atoms in total. The first-order valence-electron chi connectivity index (χ1n) is 4.58. The molecular weight excluding hydrogens is 239 g/mol. The molecule has 1 fully saturated rings. The number of halogens is 2. The summed E-state index contributed by atoms with van der Waals surface area (Å²) in [6, 6.07) is 1.90. The fourth-order valence-corrected chi connectivity index (χ4v) is 1.43. The molecule has 1 heterocycles. The van der Waals surface area contributed by atoms with Crippen LogP contribution in [0.25, 0.3) is 0 Å². The van der Waals surface area contributed by atoms with E-state index in [2.05, 4.69) is 5.32 Å². The standard InChI is InChI=1S/C9H8ClFN2O3/c10-6-1-9(16-5-3-12-4-5)8(13(14)15)2-7(6)11/h1-2,5,12H,3-4H2. The Balaban J connectivity index is 2.32. The Morgan fingerprint density at radius 3 is 2.75 bits per heavy atom. The lowest BCUT2D eigenvalue weighted by Gasteiger charge is -2.27. The van der Waals surface area contributed by atoms with E-state index in [1.165, 1.54) is 0 Å². The van der Waals surface area contributed by atoms with Crippen LogP contribution in [-0.4, -0.2) is 24.1 Å². The minimum atomic E-state index is -0.826. The van der Waals surface area contributed by atoms with Crippen LogP contribution in [-0.2, 0) is 0 Å². The minimum Gasteiger partial charge on any atom is -0.481 e. The summed E-state index contributed by atoms with van der Waals surface area (Å²) in [6.07, 6.45) is -0.125. The number of ether oxygens (including phenoxy) is 1. The van der Waals surface area contributed by atoms with E-state index in [1.54, 1.807) is 0 Å². The zero-order valence-corrected chi connectivity index (χ0v) is 8.83. The molecule has 0 atom stereocenters. The van der Waals surface area contributed by atoms with Gasteiger partial charge in [0.2, 0.25) is 0 Å². The zero-order chi connectivity index (χ0) is 11.7. The SMILES string of the molecule is O=[N+]([O-])c1cc(F)c(Cl)cc1OC1CNC1. The van der Waals surface area contributed by atoms with Crippen molar-refractivity contribution in [3.05, 3.63) is 33.1 Å². The highest BCUT2D eigenvalue weighted by atomic mass is 35.5. The predicted octanol–water partition coefficient (Wildman–Crippen LogP) is 1.74. The van der Waals surface area contributed by atoms with E-state index in [4.69, 9.17) is 16.3 Å². The summed E-state index contributed by atoms with van der Waals surface area (Å²) in [6.45, 7) is 1.23. The van der Waals surface area contributed by atoms with Gasteiger partial charge < -0.3 is 10.1 Å². The quantitative estimate of drug-likeness (QED) is 0.652. The van der Waals surface area contributed by atoms with Gasteiger partial charge in [0.05, 0.1) is 16.0 Å². The van der Waals surface area contributed by atoms with E-state index in [-0.39, 0.29) is 16.9 Å². The lowest BCUT2D eigenvalue weighted by molar-refractivity contribution is -0.386. The van der Waals surface area contributed by atoms with E-state index < -0.39 is 16.4 Å². The van der Waals surface area contributed by atoms with Crippen molar-refractivity contribution in [2.45, 2.75) is 6.10 Å². The third-order valence-electron chi connectivity index (χ3n) is 2.24. The number of benzene rings is 1. The molecule has 2 rings (SSSR count). The molecule has 1 aliphatic heterocycles. The number of nitrogens with zero attached hydrogens (tertiary/aromatic N) is 1. The molecular formula is C9H8ClFN2O3. The molecule has 0 saturated carbocycles. The summed E-state index contributed by atoms with van der Waals surface area (Å²) < 4.78 is 18.4. The van der Waals surface area contributed by atoms with Gasteiger partial charge in [-0.2, -0.15) is 0 Å². The Labute approximate surface area is 95.3 Å². The minimum absolute atomic E-state index is 0.00269. The Morgan fingerprint density at radius 1 is 1.56 bits per heavy atom. The van der Waals surface area contributed by atoms with Crippen molar-refractivity contribution in [1.29, 1.82) is 0 Å². The molecule has 0 radical (unpaired) electrons. The summed E-state index contributed by atoms with van der Waals surface area (Å²) in [5.74, 6) is -0.824. The van der Waals surface area contributed by atoms with Crippen molar-refractivity contribution < 1.29 is 14.1 Å². The van der Waals surface area contributed by atoms with Gasteiger partial charge in [0.1, 0.15) is 11.9 Å². The molecule has 1 aliphatic rings. The summed E-state index contributed by atoms with van der Waals surface area (Å²) in [7, 11) is 0. The van der Waals surface area contributed by atoms with E-state index >= 15 is 0 Å².